The van der Waals surface area contributed by atoms with E-state index in [0.29, 0.717) is 13.1 Å². The fourth-order valence-corrected chi connectivity index (χ4v) is 1.82. The summed E-state index contributed by atoms with van der Waals surface area (Å²) < 4.78 is 26.0. The summed E-state index contributed by atoms with van der Waals surface area (Å²) in [6, 6.07) is 2.86. The van der Waals surface area contributed by atoms with E-state index in [4.69, 9.17) is 5.11 Å². The van der Waals surface area contributed by atoms with Gasteiger partial charge in [-0.15, -0.1) is 0 Å². The highest BCUT2D eigenvalue weighted by molar-refractivity contribution is 5.92. The first-order valence-corrected chi connectivity index (χ1v) is 6.64. The number of unbranched alkanes of at least 4 members (excludes halogenated alkanes) is 1. The van der Waals surface area contributed by atoms with Crippen LogP contribution in [0.4, 0.5) is 14.5 Å². The fraction of sp³-hybridized carbons (Fsp3) is 0.500. The Morgan fingerprint density at radius 1 is 1.25 bits per heavy atom. The van der Waals surface area contributed by atoms with Gasteiger partial charge in [0, 0.05) is 18.3 Å². The smallest absolute Gasteiger partial charge is 0.238 e. The Kier molecular flexibility index (Phi) is 7.11. The number of carbonyl (C=O) groups excluding carboxylic acids is 1. The minimum atomic E-state index is -0.738. The second-order valence-electron chi connectivity index (χ2n) is 4.56. The van der Waals surface area contributed by atoms with E-state index in [0.717, 1.165) is 31.0 Å². The SMILES string of the molecule is CCCCN(CCO)CC(=O)Nc1cc(F)cc(F)c1. The summed E-state index contributed by atoms with van der Waals surface area (Å²) in [4.78, 5) is 13.6. The second-order valence-corrected chi connectivity index (χ2v) is 4.56. The quantitative estimate of drug-likeness (QED) is 0.768. The van der Waals surface area contributed by atoms with Gasteiger partial charge in [0.05, 0.1) is 13.2 Å². The molecule has 2 N–H and O–H groups in total. The first-order valence-electron chi connectivity index (χ1n) is 6.64. The van der Waals surface area contributed by atoms with Gasteiger partial charge in [-0.3, -0.25) is 9.69 Å². The Hall–Kier alpha value is -1.53. The van der Waals surface area contributed by atoms with Gasteiger partial charge in [0.1, 0.15) is 11.6 Å². The average Bonchev–Trinajstić information content (AvgIpc) is 2.34. The molecule has 1 amide bonds. The maximum Gasteiger partial charge on any atom is 0.238 e. The first kappa shape index (κ1) is 16.5. The molecule has 0 fully saturated rings. The van der Waals surface area contributed by atoms with E-state index in [2.05, 4.69) is 5.32 Å². The average molecular weight is 286 g/mol. The Morgan fingerprint density at radius 3 is 2.45 bits per heavy atom. The number of anilines is 1. The van der Waals surface area contributed by atoms with Crippen molar-refractivity contribution in [1.82, 2.24) is 4.90 Å². The van der Waals surface area contributed by atoms with Crippen LogP contribution in [0.15, 0.2) is 18.2 Å². The number of halogens is 2. The van der Waals surface area contributed by atoms with Gasteiger partial charge in [0.25, 0.3) is 0 Å². The molecule has 112 valence electrons. The van der Waals surface area contributed by atoms with Gasteiger partial charge in [-0.2, -0.15) is 0 Å². The number of hydrogen-bond acceptors (Lipinski definition) is 3. The molecule has 0 radical (unpaired) electrons. The minimum Gasteiger partial charge on any atom is -0.395 e. The van der Waals surface area contributed by atoms with Crippen LogP contribution in [0.25, 0.3) is 0 Å². The molecule has 0 atom stereocenters. The topological polar surface area (TPSA) is 52.6 Å². The maximum absolute atomic E-state index is 13.0. The van der Waals surface area contributed by atoms with Gasteiger partial charge in [-0.25, -0.2) is 8.78 Å². The molecule has 0 bridgehead atoms. The van der Waals surface area contributed by atoms with Crippen molar-refractivity contribution in [3.63, 3.8) is 0 Å². The van der Waals surface area contributed by atoms with E-state index < -0.39 is 11.6 Å². The van der Waals surface area contributed by atoms with Crippen LogP contribution in [0.5, 0.6) is 0 Å². The predicted octanol–water partition coefficient (Wildman–Crippen LogP) is 2.00. The van der Waals surface area contributed by atoms with E-state index in [9.17, 15) is 13.6 Å². The van der Waals surface area contributed by atoms with Gasteiger partial charge < -0.3 is 10.4 Å². The molecular formula is C14H20F2N2O2. The van der Waals surface area contributed by atoms with E-state index in [1.807, 2.05) is 6.92 Å². The molecule has 1 aromatic rings. The van der Waals surface area contributed by atoms with E-state index in [1.54, 1.807) is 4.90 Å². The third-order valence-electron chi connectivity index (χ3n) is 2.76. The van der Waals surface area contributed by atoms with Gasteiger partial charge in [-0.1, -0.05) is 13.3 Å². The lowest BCUT2D eigenvalue weighted by atomic mass is 10.3. The van der Waals surface area contributed by atoms with E-state index >= 15 is 0 Å². The fourth-order valence-electron chi connectivity index (χ4n) is 1.82. The zero-order valence-electron chi connectivity index (χ0n) is 11.5. The lowest BCUT2D eigenvalue weighted by Gasteiger charge is -2.20. The van der Waals surface area contributed by atoms with Crippen molar-refractivity contribution < 1.29 is 18.7 Å². The number of amides is 1. The molecule has 1 aromatic carbocycles. The number of rotatable bonds is 8. The minimum absolute atomic E-state index is 0.0361. The summed E-state index contributed by atoms with van der Waals surface area (Å²) >= 11 is 0. The molecule has 0 aliphatic carbocycles. The van der Waals surface area contributed by atoms with Crippen molar-refractivity contribution in [2.75, 3.05) is 31.6 Å². The summed E-state index contributed by atoms with van der Waals surface area (Å²) in [6.45, 7) is 3.17. The number of nitrogens with one attached hydrogen (secondary N) is 1. The summed E-state index contributed by atoms with van der Waals surface area (Å²) in [5, 5.41) is 11.4. The summed E-state index contributed by atoms with van der Waals surface area (Å²) in [5.74, 6) is -1.84. The van der Waals surface area contributed by atoms with Crippen molar-refractivity contribution in [3.05, 3.63) is 29.8 Å². The van der Waals surface area contributed by atoms with Crippen molar-refractivity contribution >= 4 is 11.6 Å². The highest BCUT2D eigenvalue weighted by Gasteiger charge is 2.11. The second kappa shape index (κ2) is 8.60. The summed E-state index contributed by atoms with van der Waals surface area (Å²) in [7, 11) is 0. The van der Waals surface area contributed by atoms with Gasteiger partial charge in [0.2, 0.25) is 5.91 Å². The number of carbonyl (C=O) groups is 1. The molecule has 4 nitrogen and oxygen atoms in total. The summed E-state index contributed by atoms with van der Waals surface area (Å²) in [6.07, 6.45) is 1.90. The molecule has 0 aliphatic heterocycles. The molecule has 1 rings (SSSR count). The van der Waals surface area contributed by atoms with Crippen LogP contribution in [-0.4, -0.2) is 42.2 Å². The molecule has 0 spiro atoms. The lowest BCUT2D eigenvalue weighted by Crippen LogP contribution is -2.36. The number of nitrogens with zero attached hydrogens (tertiary/aromatic N) is 1. The van der Waals surface area contributed by atoms with Gasteiger partial charge >= 0.3 is 0 Å². The Labute approximate surface area is 117 Å². The molecule has 0 saturated heterocycles. The van der Waals surface area contributed by atoms with Crippen LogP contribution in [0.1, 0.15) is 19.8 Å². The highest BCUT2D eigenvalue weighted by Crippen LogP contribution is 2.12. The molecular weight excluding hydrogens is 266 g/mol. The van der Waals surface area contributed by atoms with Gasteiger partial charge in [-0.05, 0) is 25.1 Å². The lowest BCUT2D eigenvalue weighted by molar-refractivity contribution is -0.117. The van der Waals surface area contributed by atoms with Crippen LogP contribution in [0.3, 0.4) is 0 Å². The van der Waals surface area contributed by atoms with Crippen molar-refractivity contribution in [2.24, 2.45) is 0 Å². The van der Waals surface area contributed by atoms with Crippen LogP contribution >= 0.6 is 0 Å². The molecule has 6 heteroatoms. The largest absolute Gasteiger partial charge is 0.395 e. The third-order valence-corrected chi connectivity index (χ3v) is 2.76. The Balaban J connectivity index is 2.55. The molecule has 0 aromatic heterocycles. The predicted molar refractivity (Wildman–Crippen MR) is 73.4 cm³/mol. The van der Waals surface area contributed by atoms with E-state index in [-0.39, 0.29) is 24.7 Å². The van der Waals surface area contributed by atoms with Gasteiger partial charge in [0.15, 0.2) is 0 Å². The third kappa shape index (κ3) is 6.08. The van der Waals surface area contributed by atoms with Crippen molar-refractivity contribution in [2.45, 2.75) is 19.8 Å². The Bertz CT molecular complexity index is 421. The summed E-state index contributed by atoms with van der Waals surface area (Å²) in [5.41, 5.74) is 0.0898. The van der Waals surface area contributed by atoms with Crippen LogP contribution < -0.4 is 5.32 Å². The first-order chi connectivity index (χ1) is 9.55. The zero-order chi connectivity index (χ0) is 15.0. The Morgan fingerprint density at radius 2 is 1.90 bits per heavy atom. The van der Waals surface area contributed by atoms with Crippen molar-refractivity contribution in [1.29, 1.82) is 0 Å². The highest BCUT2D eigenvalue weighted by atomic mass is 19.1. The number of aliphatic hydroxyl groups is 1. The number of aliphatic hydroxyl groups excluding tert-OH is 1. The normalized spacial score (nSPS) is 10.8. The van der Waals surface area contributed by atoms with Crippen molar-refractivity contribution in [3.8, 4) is 0 Å². The monoisotopic (exact) mass is 286 g/mol. The molecule has 0 unspecified atom stereocenters. The molecule has 0 aliphatic rings. The molecule has 20 heavy (non-hydrogen) atoms. The maximum atomic E-state index is 13.0. The zero-order valence-corrected chi connectivity index (χ0v) is 11.5. The van der Waals surface area contributed by atoms with Crippen LogP contribution in [-0.2, 0) is 4.79 Å². The van der Waals surface area contributed by atoms with Crippen LogP contribution in [0, 0.1) is 11.6 Å². The molecule has 0 heterocycles. The van der Waals surface area contributed by atoms with E-state index in [1.165, 1.54) is 0 Å². The van der Waals surface area contributed by atoms with Crippen LogP contribution in [0.2, 0.25) is 0 Å². The number of benzene rings is 1. The number of hydrogen-bond donors (Lipinski definition) is 2. The molecule has 0 saturated carbocycles. The standard InChI is InChI=1S/C14H20F2N2O2/c1-2-3-4-18(5-6-19)10-14(20)17-13-8-11(15)7-12(16)9-13/h7-9,19H,2-6,10H2,1H3,(H,17,20).